The molecule has 5 heteroatoms. The number of aliphatic imine (C=N–C) groups is 2. The zero-order valence-electron chi connectivity index (χ0n) is 24.8. The molecule has 3 nitrogen and oxygen atoms in total. The third-order valence-electron chi connectivity index (χ3n) is 9.56. The minimum Gasteiger partial charge on any atom is -0.294 e. The Morgan fingerprint density at radius 2 is 2.00 bits per heavy atom. The van der Waals surface area contributed by atoms with Gasteiger partial charge < -0.3 is 0 Å². The van der Waals surface area contributed by atoms with E-state index in [1.54, 1.807) is 23.5 Å². The number of thiophene rings is 1. The number of halogens is 1. The van der Waals surface area contributed by atoms with Gasteiger partial charge in [-0.3, -0.25) is 14.8 Å². The minimum atomic E-state index is -0.267. The van der Waals surface area contributed by atoms with Crippen LogP contribution in [0.3, 0.4) is 0 Å². The standard InChI is InChI=1S/C37H39FN2OS/c1-6-31-19-32(24(5)40-31)35-18-29-13-21(2)20-39-34(37(29)42-35)17-26-14-25-7-8-28(15-26)33(16-25)36(41)23(4)22(3)27-9-11-30(38)12-10-27/h9-13,17-20,22,25,28,31,33H,2,4,6-8,14-16H2,1,3,5H3. The van der Waals surface area contributed by atoms with Gasteiger partial charge in [-0.15, -0.1) is 11.3 Å². The van der Waals surface area contributed by atoms with Gasteiger partial charge in [0.1, 0.15) is 5.82 Å². The van der Waals surface area contributed by atoms with E-state index in [2.05, 4.69) is 51.3 Å². The fourth-order valence-corrected chi connectivity index (χ4v) is 8.30. The molecule has 0 amide bonds. The van der Waals surface area contributed by atoms with Crippen molar-refractivity contribution in [3.63, 3.8) is 0 Å². The van der Waals surface area contributed by atoms with Crippen LogP contribution < -0.4 is 9.75 Å². The summed E-state index contributed by atoms with van der Waals surface area (Å²) >= 11 is 1.79. The monoisotopic (exact) mass is 578 g/mol. The van der Waals surface area contributed by atoms with Gasteiger partial charge in [0.15, 0.2) is 5.78 Å². The molecule has 1 aromatic heterocycles. The number of hydrogen-bond donors (Lipinski definition) is 0. The third kappa shape index (κ3) is 5.64. The maximum Gasteiger partial charge on any atom is 0.162 e. The molecule has 1 aromatic carbocycles. The summed E-state index contributed by atoms with van der Waals surface area (Å²) in [6, 6.07) is 8.96. The van der Waals surface area contributed by atoms with Crippen molar-refractivity contribution >= 4 is 46.4 Å². The highest BCUT2D eigenvalue weighted by Crippen LogP contribution is 2.47. The summed E-state index contributed by atoms with van der Waals surface area (Å²) in [7, 11) is 0. The SMILES string of the molecule is C=C1C=NC(C=C2CC3CCC(C2)C(C(=O)C(=C)C(C)c2ccc(F)cc2)C3)=c2sc(C3=CC(CC)N=C3C)cc2=C1. The molecule has 216 valence electrons. The molecule has 7 rings (SSSR count). The predicted molar refractivity (Wildman–Crippen MR) is 175 cm³/mol. The molecule has 5 atom stereocenters. The number of allylic oxidation sites excluding steroid dienone is 4. The van der Waals surface area contributed by atoms with Gasteiger partial charge >= 0.3 is 0 Å². The van der Waals surface area contributed by atoms with E-state index in [1.165, 1.54) is 32.7 Å². The molecular weight excluding hydrogens is 539 g/mol. The molecule has 0 N–H and O–H groups in total. The van der Waals surface area contributed by atoms with Crippen LogP contribution in [0, 0.1) is 23.6 Å². The zero-order chi connectivity index (χ0) is 29.5. The number of nitrogens with zero attached hydrogens (tertiary/aromatic N) is 2. The number of ketones is 1. The van der Waals surface area contributed by atoms with Crippen LogP contribution in [0.5, 0.6) is 0 Å². The van der Waals surface area contributed by atoms with E-state index >= 15 is 0 Å². The smallest absolute Gasteiger partial charge is 0.162 e. The fraction of sp³-hybridized carbons (Fsp3) is 0.378. The van der Waals surface area contributed by atoms with Gasteiger partial charge in [0, 0.05) is 34.2 Å². The molecule has 42 heavy (non-hydrogen) atoms. The minimum absolute atomic E-state index is 0.00669. The molecule has 3 fully saturated rings. The lowest BCUT2D eigenvalue weighted by Gasteiger charge is -2.32. The van der Waals surface area contributed by atoms with Crippen LogP contribution in [0.1, 0.15) is 75.7 Å². The van der Waals surface area contributed by atoms with E-state index < -0.39 is 0 Å². The molecule has 5 unspecified atom stereocenters. The van der Waals surface area contributed by atoms with Gasteiger partial charge in [-0.25, -0.2) is 4.39 Å². The lowest BCUT2D eigenvalue weighted by Crippen LogP contribution is -2.30. The summed E-state index contributed by atoms with van der Waals surface area (Å²) in [6.07, 6.45) is 14.7. The van der Waals surface area contributed by atoms with Crippen LogP contribution in [-0.2, 0) is 4.79 Å². The van der Waals surface area contributed by atoms with Crippen molar-refractivity contribution in [3.8, 4) is 0 Å². The van der Waals surface area contributed by atoms with E-state index in [0.717, 1.165) is 66.3 Å². The van der Waals surface area contributed by atoms with Gasteiger partial charge in [0.2, 0.25) is 0 Å². The quantitative estimate of drug-likeness (QED) is 0.310. The number of carbonyl (C=O) groups is 1. The largest absolute Gasteiger partial charge is 0.294 e. The molecular formula is C37H39FN2OS. The first-order valence-electron chi connectivity index (χ1n) is 15.2. The van der Waals surface area contributed by atoms with Gasteiger partial charge in [-0.05, 0) is 116 Å². The first-order chi connectivity index (χ1) is 20.2. The van der Waals surface area contributed by atoms with Crippen molar-refractivity contribution in [2.24, 2.45) is 27.7 Å². The lowest BCUT2D eigenvalue weighted by atomic mass is 9.71. The second kappa shape index (κ2) is 11.7. The Hall–Kier alpha value is -3.44. The third-order valence-corrected chi connectivity index (χ3v) is 10.8. The maximum atomic E-state index is 13.8. The fourth-order valence-electron chi connectivity index (χ4n) is 7.11. The first-order valence-corrected chi connectivity index (χ1v) is 16.1. The van der Waals surface area contributed by atoms with Crippen molar-refractivity contribution in [2.45, 2.75) is 71.3 Å². The molecule has 3 saturated carbocycles. The summed E-state index contributed by atoms with van der Waals surface area (Å²) in [4.78, 5) is 24.8. The maximum absolute atomic E-state index is 13.8. The van der Waals surface area contributed by atoms with E-state index in [1.807, 2.05) is 13.1 Å². The van der Waals surface area contributed by atoms with Crippen LogP contribution in [0.4, 0.5) is 4.39 Å². The van der Waals surface area contributed by atoms with E-state index in [9.17, 15) is 9.18 Å². The van der Waals surface area contributed by atoms with Crippen LogP contribution in [0.2, 0.25) is 0 Å². The number of Topliss-reactive ketones (excluding diaryl/α,β-unsaturated/α-hetero) is 1. The second-order valence-electron chi connectivity index (χ2n) is 12.4. The van der Waals surface area contributed by atoms with E-state index in [-0.39, 0.29) is 29.5 Å². The molecule has 3 heterocycles. The molecule has 3 aliphatic carbocycles. The normalized spacial score (nSPS) is 26.7. The average Bonchev–Trinajstić information content (AvgIpc) is 3.39. The van der Waals surface area contributed by atoms with Crippen LogP contribution >= 0.6 is 11.3 Å². The number of rotatable bonds is 7. The Labute approximate surface area is 252 Å². The zero-order valence-corrected chi connectivity index (χ0v) is 25.6. The van der Waals surface area contributed by atoms with Crippen LogP contribution in [0.15, 0.2) is 82.3 Å². The summed E-state index contributed by atoms with van der Waals surface area (Å²) < 4.78 is 14.6. The van der Waals surface area contributed by atoms with Crippen molar-refractivity contribution in [1.82, 2.24) is 0 Å². The summed E-state index contributed by atoms with van der Waals surface area (Å²) in [5, 5.41) is 1.16. The lowest BCUT2D eigenvalue weighted by molar-refractivity contribution is -0.122. The summed E-state index contributed by atoms with van der Waals surface area (Å²) in [5.74, 6) is 0.582. The van der Waals surface area contributed by atoms with Crippen LogP contribution in [-0.4, -0.2) is 23.8 Å². The number of benzene rings is 1. The number of carbonyl (C=O) groups excluding carboxylic acids is 1. The Balaban J connectivity index is 1.29. The van der Waals surface area contributed by atoms with Crippen LogP contribution in [0.25, 0.3) is 17.3 Å². The Kier molecular flexibility index (Phi) is 7.97. The highest BCUT2D eigenvalue weighted by molar-refractivity contribution is 7.11. The number of hydrogen-bond acceptors (Lipinski definition) is 4. The van der Waals surface area contributed by atoms with Crippen molar-refractivity contribution in [3.05, 3.63) is 98.4 Å². The molecule has 2 aromatic rings. The van der Waals surface area contributed by atoms with Crippen molar-refractivity contribution in [1.29, 1.82) is 0 Å². The van der Waals surface area contributed by atoms with Gasteiger partial charge in [-0.1, -0.05) is 44.7 Å². The highest BCUT2D eigenvalue weighted by atomic mass is 32.1. The highest BCUT2D eigenvalue weighted by Gasteiger charge is 2.40. The predicted octanol–water partition coefficient (Wildman–Crippen LogP) is 7.73. The van der Waals surface area contributed by atoms with E-state index in [0.29, 0.717) is 17.4 Å². The summed E-state index contributed by atoms with van der Waals surface area (Å²) in [6.45, 7) is 14.7. The molecule has 2 bridgehead atoms. The topological polar surface area (TPSA) is 41.8 Å². The van der Waals surface area contributed by atoms with Gasteiger partial charge in [0.25, 0.3) is 0 Å². The Bertz CT molecular complexity index is 1700. The Morgan fingerprint density at radius 3 is 2.74 bits per heavy atom. The average molecular weight is 579 g/mol. The molecule has 0 radical (unpaired) electrons. The molecule has 0 saturated heterocycles. The molecule has 0 spiro atoms. The molecule has 5 aliphatic rings. The Morgan fingerprint density at radius 1 is 1.21 bits per heavy atom. The summed E-state index contributed by atoms with van der Waals surface area (Å²) in [5.41, 5.74) is 7.19. The first kappa shape index (κ1) is 28.7. The van der Waals surface area contributed by atoms with Gasteiger partial charge in [-0.2, -0.15) is 0 Å². The van der Waals surface area contributed by atoms with E-state index in [4.69, 9.17) is 9.98 Å². The van der Waals surface area contributed by atoms with Crippen molar-refractivity contribution < 1.29 is 9.18 Å². The van der Waals surface area contributed by atoms with Gasteiger partial charge in [0.05, 0.1) is 16.3 Å². The second-order valence-corrected chi connectivity index (χ2v) is 13.5. The molecule has 2 aliphatic heterocycles. The number of fused-ring (bicyclic) bond motifs is 5. The van der Waals surface area contributed by atoms with Crippen molar-refractivity contribution in [2.75, 3.05) is 0 Å².